The summed E-state index contributed by atoms with van der Waals surface area (Å²) in [4.78, 5) is 13.4. The first kappa shape index (κ1) is 13.5. The van der Waals surface area contributed by atoms with E-state index in [2.05, 4.69) is 0 Å². The van der Waals surface area contributed by atoms with Crippen molar-refractivity contribution >= 4 is 5.91 Å². The maximum Gasteiger partial charge on any atom is 0.222 e. The average molecular weight is 265 g/mol. The standard InChI is InChI=1S/C14H19NO4/c1-15-10(5-6-13(15)16)14-11(18-3)7-9(17-2)8-12(14)19-4/h7-8,10H,5-6H2,1-4H3/t10-/m1/s1. The van der Waals surface area contributed by atoms with Crippen molar-refractivity contribution < 1.29 is 19.0 Å². The van der Waals surface area contributed by atoms with Gasteiger partial charge in [0.05, 0.1) is 32.9 Å². The van der Waals surface area contributed by atoms with Crippen LogP contribution in [0.2, 0.25) is 0 Å². The minimum atomic E-state index is -0.0108. The number of methoxy groups -OCH3 is 3. The molecular weight excluding hydrogens is 246 g/mol. The molecule has 0 bridgehead atoms. The summed E-state index contributed by atoms with van der Waals surface area (Å²) in [5.74, 6) is 2.18. The second-order valence-corrected chi connectivity index (χ2v) is 4.50. The molecule has 0 saturated carbocycles. The zero-order valence-corrected chi connectivity index (χ0v) is 11.7. The predicted octanol–water partition coefficient (Wildman–Crippen LogP) is 2.01. The number of hydrogen-bond donors (Lipinski definition) is 0. The Bertz CT molecular complexity index is 461. The number of carbonyl (C=O) groups excluding carboxylic acids is 1. The zero-order valence-electron chi connectivity index (χ0n) is 11.7. The fourth-order valence-corrected chi connectivity index (χ4v) is 2.50. The molecule has 1 aliphatic heterocycles. The van der Waals surface area contributed by atoms with Gasteiger partial charge in [0, 0.05) is 25.6 Å². The molecule has 19 heavy (non-hydrogen) atoms. The zero-order chi connectivity index (χ0) is 14.0. The molecule has 0 N–H and O–H groups in total. The number of hydrogen-bond acceptors (Lipinski definition) is 4. The summed E-state index contributed by atoms with van der Waals surface area (Å²) < 4.78 is 16.1. The van der Waals surface area contributed by atoms with E-state index in [1.165, 1.54) is 0 Å². The fourth-order valence-electron chi connectivity index (χ4n) is 2.50. The van der Waals surface area contributed by atoms with Crippen molar-refractivity contribution in [1.82, 2.24) is 4.90 Å². The Morgan fingerprint density at radius 3 is 2.05 bits per heavy atom. The number of likely N-dealkylation sites (tertiary alicyclic amines) is 1. The first-order valence-corrected chi connectivity index (χ1v) is 6.18. The normalized spacial score (nSPS) is 18.6. The number of benzene rings is 1. The molecule has 104 valence electrons. The van der Waals surface area contributed by atoms with Crippen LogP contribution in [0.3, 0.4) is 0 Å². The molecule has 1 fully saturated rings. The largest absolute Gasteiger partial charge is 0.496 e. The summed E-state index contributed by atoms with van der Waals surface area (Å²) in [6.07, 6.45) is 1.33. The Kier molecular flexibility index (Phi) is 3.83. The molecule has 1 saturated heterocycles. The van der Waals surface area contributed by atoms with E-state index in [1.54, 1.807) is 26.2 Å². The second kappa shape index (κ2) is 5.38. The lowest BCUT2D eigenvalue weighted by Gasteiger charge is -2.24. The molecule has 1 amide bonds. The van der Waals surface area contributed by atoms with E-state index in [9.17, 15) is 4.79 Å². The first-order chi connectivity index (χ1) is 9.12. The number of ether oxygens (including phenoxy) is 3. The molecular formula is C14H19NO4. The van der Waals surface area contributed by atoms with Crippen molar-refractivity contribution in [3.63, 3.8) is 0 Å². The highest BCUT2D eigenvalue weighted by molar-refractivity contribution is 5.79. The number of carbonyl (C=O) groups is 1. The molecule has 2 rings (SSSR count). The molecule has 0 spiro atoms. The van der Waals surface area contributed by atoms with E-state index in [4.69, 9.17) is 14.2 Å². The summed E-state index contributed by atoms with van der Waals surface area (Å²) in [7, 11) is 6.62. The summed E-state index contributed by atoms with van der Waals surface area (Å²) in [5.41, 5.74) is 0.902. The van der Waals surface area contributed by atoms with E-state index >= 15 is 0 Å². The van der Waals surface area contributed by atoms with Crippen LogP contribution in [-0.2, 0) is 4.79 Å². The number of rotatable bonds is 4. The van der Waals surface area contributed by atoms with Crippen LogP contribution in [0.5, 0.6) is 17.2 Å². The van der Waals surface area contributed by atoms with Gasteiger partial charge >= 0.3 is 0 Å². The maximum atomic E-state index is 11.7. The SMILES string of the molecule is COc1cc(OC)c([C@H]2CCC(=O)N2C)c(OC)c1. The van der Waals surface area contributed by atoms with Crippen molar-refractivity contribution in [2.75, 3.05) is 28.4 Å². The maximum absolute atomic E-state index is 11.7. The average Bonchev–Trinajstić information content (AvgIpc) is 2.77. The molecule has 1 atom stereocenters. The van der Waals surface area contributed by atoms with Gasteiger partial charge in [-0.15, -0.1) is 0 Å². The number of amides is 1. The topological polar surface area (TPSA) is 48.0 Å². The minimum absolute atomic E-state index is 0.0108. The van der Waals surface area contributed by atoms with Crippen LogP contribution in [0.4, 0.5) is 0 Å². The van der Waals surface area contributed by atoms with Crippen LogP contribution in [0.1, 0.15) is 24.4 Å². The Balaban J connectivity index is 2.51. The van der Waals surface area contributed by atoms with Crippen molar-refractivity contribution in [3.05, 3.63) is 17.7 Å². The van der Waals surface area contributed by atoms with E-state index in [0.29, 0.717) is 23.7 Å². The van der Waals surface area contributed by atoms with Crippen LogP contribution in [0, 0.1) is 0 Å². The van der Waals surface area contributed by atoms with E-state index < -0.39 is 0 Å². The van der Waals surface area contributed by atoms with Crippen molar-refractivity contribution in [2.24, 2.45) is 0 Å². The molecule has 0 radical (unpaired) electrons. The van der Waals surface area contributed by atoms with E-state index in [0.717, 1.165) is 12.0 Å². The summed E-state index contributed by atoms with van der Waals surface area (Å²) >= 11 is 0. The van der Waals surface area contributed by atoms with Gasteiger partial charge in [-0.1, -0.05) is 0 Å². The monoisotopic (exact) mass is 265 g/mol. The highest BCUT2D eigenvalue weighted by Gasteiger charge is 2.33. The molecule has 1 aliphatic rings. The molecule has 0 aliphatic carbocycles. The lowest BCUT2D eigenvalue weighted by atomic mass is 10.0. The fraction of sp³-hybridized carbons (Fsp3) is 0.500. The lowest BCUT2D eigenvalue weighted by molar-refractivity contribution is -0.127. The third-order valence-corrected chi connectivity index (χ3v) is 3.58. The molecule has 1 heterocycles. The first-order valence-electron chi connectivity index (χ1n) is 6.18. The highest BCUT2D eigenvalue weighted by atomic mass is 16.5. The molecule has 0 aromatic heterocycles. The quantitative estimate of drug-likeness (QED) is 0.835. The Morgan fingerprint density at radius 1 is 1.11 bits per heavy atom. The van der Waals surface area contributed by atoms with Crippen LogP contribution >= 0.6 is 0 Å². The predicted molar refractivity (Wildman–Crippen MR) is 70.8 cm³/mol. The Labute approximate surface area is 113 Å². The van der Waals surface area contributed by atoms with Gasteiger partial charge < -0.3 is 19.1 Å². The molecule has 5 nitrogen and oxygen atoms in total. The van der Waals surface area contributed by atoms with Gasteiger partial charge in [0.25, 0.3) is 0 Å². The molecule has 1 aromatic rings. The van der Waals surface area contributed by atoms with E-state index in [-0.39, 0.29) is 11.9 Å². The molecule has 1 aromatic carbocycles. The van der Waals surface area contributed by atoms with Crippen LogP contribution in [-0.4, -0.2) is 39.2 Å². The van der Waals surface area contributed by atoms with Gasteiger partial charge in [0.15, 0.2) is 0 Å². The summed E-state index contributed by atoms with van der Waals surface area (Å²) in [6.45, 7) is 0. The second-order valence-electron chi connectivity index (χ2n) is 4.50. The van der Waals surface area contributed by atoms with Gasteiger partial charge in [-0.3, -0.25) is 4.79 Å². The van der Waals surface area contributed by atoms with Gasteiger partial charge in [0.1, 0.15) is 17.2 Å². The summed E-state index contributed by atoms with van der Waals surface area (Å²) in [6, 6.07) is 3.62. The summed E-state index contributed by atoms with van der Waals surface area (Å²) in [5, 5.41) is 0. The van der Waals surface area contributed by atoms with Crippen LogP contribution in [0.25, 0.3) is 0 Å². The van der Waals surface area contributed by atoms with Crippen LogP contribution < -0.4 is 14.2 Å². The molecule has 0 unspecified atom stereocenters. The van der Waals surface area contributed by atoms with Crippen molar-refractivity contribution in [2.45, 2.75) is 18.9 Å². The minimum Gasteiger partial charge on any atom is -0.496 e. The van der Waals surface area contributed by atoms with Crippen molar-refractivity contribution in [1.29, 1.82) is 0 Å². The smallest absolute Gasteiger partial charge is 0.222 e. The van der Waals surface area contributed by atoms with Gasteiger partial charge in [0.2, 0.25) is 5.91 Å². The van der Waals surface area contributed by atoms with Gasteiger partial charge in [-0.05, 0) is 6.42 Å². The third kappa shape index (κ3) is 2.32. The number of nitrogens with zero attached hydrogens (tertiary/aromatic N) is 1. The van der Waals surface area contributed by atoms with Crippen molar-refractivity contribution in [3.8, 4) is 17.2 Å². The van der Waals surface area contributed by atoms with Crippen LogP contribution in [0.15, 0.2) is 12.1 Å². The van der Waals surface area contributed by atoms with Gasteiger partial charge in [-0.2, -0.15) is 0 Å². The molecule has 5 heteroatoms. The van der Waals surface area contributed by atoms with Gasteiger partial charge in [-0.25, -0.2) is 0 Å². The van der Waals surface area contributed by atoms with E-state index in [1.807, 2.05) is 19.2 Å². The Hall–Kier alpha value is -1.91. The third-order valence-electron chi connectivity index (χ3n) is 3.58. The Morgan fingerprint density at radius 2 is 1.68 bits per heavy atom. The lowest BCUT2D eigenvalue weighted by Crippen LogP contribution is -2.23. The highest BCUT2D eigenvalue weighted by Crippen LogP contribution is 2.44.